The van der Waals surface area contributed by atoms with Crippen LogP contribution in [0.1, 0.15) is 5.56 Å². The summed E-state index contributed by atoms with van der Waals surface area (Å²) in [6.45, 7) is 1.06. The predicted molar refractivity (Wildman–Crippen MR) is 103 cm³/mol. The molecule has 29 heavy (non-hydrogen) atoms. The minimum atomic E-state index is -3.67. The van der Waals surface area contributed by atoms with Crippen LogP contribution in [0, 0.1) is 11.3 Å². The summed E-state index contributed by atoms with van der Waals surface area (Å²) in [5.74, 6) is 0.920. The first-order chi connectivity index (χ1) is 14.0. The Bertz CT molecular complexity index is 1050. The van der Waals surface area contributed by atoms with Crippen molar-refractivity contribution >= 4 is 15.9 Å². The zero-order valence-corrected chi connectivity index (χ0v) is 16.3. The molecular weight excluding hydrogens is 394 g/mol. The molecule has 0 unspecified atom stereocenters. The van der Waals surface area contributed by atoms with Crippen molar-refractivity contribution in [3.8, 4) is 17.6 Å². The molecule has 1 amide bonds. The average molecular weight is 413 g/mol. The minimum absolute atomic E-state index is 0.125. The number of hydrogen-bond donors (Lipinski definition) is 0. The predicted octanol–water partition coefficient (Wildman–Crippen LogP) is 1.23. The van der Waals surface area contributed by atoms with Crippen molar-refractivity contribution in [2.24, 2.45) is 0 Å². The molecule has 0 saturated carbocycles. The van der Waals surface area contributed by atoms with Crippen LogP contribution >= 0.6 is 0 Å². The summed E-state index contributed by atoms with van der Waals surface area (Å²) in [6, 6.07) is 14.9. The number of fused-ring (bicyclic) bond motifs is 1. The van der Waals surface area contributed by atoms with Gasteiger partial charge < -0.3 is 14.4 Å². The van der Waals surface area contributed by atoms with Gasteiger partial charge in [0.15, 0.2) is 11.5 Å². The molecule has 9 heteroatoms. The first-order valence-electron chi connectivity index (χ1n) is 9.16. The van der Waals surface area contributed by atoms with Crippen molar-refractivity contribution in [1.29, 1.82) is 5.26 Å². The Hall–Kier alpha value is -3.09. The molecule has 2 aromatic carbocycles. The minimum Gasteiger partial charge on any atom is -0.485 e. The van der Waals surface area contributed by atoms with Gasteiger partial charge in [-0.05, 0) is 36.4 Å². The summed E-state index contributed by atoms with van der Waals surface area (Å²) in [6.07, 6.45) is -0.744. The van der Waals surface area contributed by atoms with Gasteiger partial charge in [-0.25, -0.2) is 8.42 Å². The molecule has 1 saturated heterocycles. The molecule has 0 aliphatic carbocycles. The van der Waals surface area contributed by atoms with Gasteiger partial charge in [0, 0.05) is 26.2 Å². The fourth-order valence-corrected chi connectivity index (χ4v) is 4.77. The highest BCUT2D eigenvalue weighted by atomic mass is 32.2. The Morgan fingerprint density at radius 3 is 2.31 bits per heavy atom. The quantitative estimate of drug-likeness (QED) is 0.750. The highest BCUT2D eigenvalue weighted by molar-refractivity contribution is 7.89. The van der Waals surface area contributed by atoms with Gasteiger partial charge in [-0.1, -0.05) is 12.1 Å². The molecule has 0 spiro atoms. The van der Waals surface area contributed by atoms with Gasteiger partial charge in [0.1, 0.15) is 6.61 Å². The van der Waals surface area contributed by atoms with Crippen molar-refractivity contribution in [2.45, 2.75) is 11.0 Å². The summed E-state index contributed by atoms with van der Waals surface area (Å²) in [4.78, 5) is 14.5. The maximum Gasteiger partial charge on any atom is 0.267 e. The fraction of sp³-hybridized carbons (Fsp3) is 0.300. The van der Waals surface area contributed by atoms with Crippen molar-refractivity contribution < 1.29 is 22.7 Å². The van der Waals surface area contributed by atoms with E-state index in [9.17, 15) is 13.2 Å². The van der Waals surface area contributed by atoms with Crippen LogP contribution < -0.4 is 9.47 Å². The normalized spacial score (nSPS) is 19.4. The third-order valence-electron chi connectivity index (χ3n) is 4.96. The number of benzene rings is 2. The lowest BCUT2D eigenvalue weighted by Crippen LogP contribution is -2.55. The van der Waals surface area contributed by atoms with Crippen LogP contribution in [-0.4, -0.2) is 62.4 Å². The number of hydrogen-bond acceptors (Lipinski definition) is 6. The van der Waals surface area contributed by atoms with Crippen LogP contribution in [0.2, 0.25) is 0 Å². The van der Waals surface area contributed by atoms with Crippen molar-refractivity contribution in [3.63, 3.8) is 0 Å². The van der Waals surface area contributed by atoms with Crippen LogP contribution in [0.15, 0.2) is 53.4 Å². The highest BCUT2D eigenvalue weighted by Crippen LogP contribution is 2.31. The van der Waals surface area contributed by atoms with Crippen LogP contribution in [-0.2, 0) is 14.8 Å². The lowest BCUT2D eigenvalue weighted by Gasteiger charge is -2.36. The SMILES string of the molecule is N#Cc1ccc(S(=O)(=O)N2CCN(C(=O)[C@@H]3COc4ccccc4O3)CC2)cc1. The lowest BCUT2D eigenvalue weighted by atomic mass is 10.2. The van der Waals surface area contributed by atoms with Gasteiger partial charge in [0.05, 0.1) is 16.5 Å². The largest absolute Gasteiger partial charge is 0.485 e. The van der Waals surface area contributed by atoms with Crippen LogP contribution in [0.4, 0.5) is 0 Å². The Morgan fingerprint density at radius 1 is 1.00 bits per heavy atom. The highest BCUT2D eigenvalue weighted by Gasteiger charge is 2.35. The topological polar surface area (TPSA) is 99.9 Å². The van der Waals surface area contributed by atoms with Gasteiger partial charge in [0.25, 0.3) is 5.91 Å². The number of ether oxygens (including phenoxy) is 2. The first kappa shape index (κ1) is 19.2. The second-order valence-corrected chi connectivity index (χ2v) is 8.67. The van der Waals surface area contributed by atoms with E-state index in [1.165, 1.54) is 28.6 Å². The van der Waals surface area contributed by atoms with E-state index in [4.69, 9.17) is 14.7 Å². The number of amides is 1. The molecule has 1 atom stereocenters. The number of nitriles is 1. The molecular formula is C20H19N3O5S. The first-order valence-corrected chi connectivity index (χ1v) is 10.6. The van der Waals surface area contributed by atoms with E-state index in [0.29, 0.717) is 17.1 Å². The van der Waals surface area contributed by atoms with Gasteiger partial charge in [-0.2, -0.15) is 9.57 Å². The monoisotopic (exact) mass is 413 g/mol. The molecule has 2 aliphatic rings. The van der Waals surface area contributed by atoms with E-state index in [1.54, 1.807) is 17.0 Å². The van der Waals surface area contributed by atoms with E-state index in [2.05, 4.69) is 0 Å². The number of nitrogens with zero attached hydrogens (tertiary/aromatic N) is 3. The van der Waals surface area contributed by atoms with E-state index >= 15 is 0 Å². The summed E-state index contributed by atoms with van der Waals surface area (Å²) < 4.78 is 38.3. The van der Waals surface area contributed by atoms with Crippen molar-refractivity contribution in [2.75, 3.05) is 32.8 Å². The zero-order valence-electron chi connectivity index (χ0n) is 15.5. The average Bonchev–Trinajstić information content (AvgIpc) is 2.78. The number of para-hydroxylation sites is 2. The second-order valence-electron chi connectivity index (χ2n) is 6.73. The number of carbonyl (C=O) groups excluding carboxylic acids is 1. The molecule has 2 aromatic rings. The van der Waals surface area contributed by atoms with Gasteiger partial charge in [0.2, 0.25) is 16.1 Å². The standard InChI is InChI=1S/C20H19N3O5S/c21-13-15-5-7-16(8-6-15)29(25,26)23-11-9-22(10-12-23)20(24)19-14-27-17-3-1-2-4-18(17)28-19/h1-8,19H,9-12,14H2/t19-/m0/s1. The Balaban J connectivity index is 1.39. The molecule has 150 valence electrons. The molecule has 2 heterocycles. The van der Waals surface area contributed by atoms with Gasteiger partial charge in [-0.15, -0.1) is 0 Å². The Labute approximate surface area is 168 Å². The number of rotatable bonds is 3. The Kier molecular flexibility index (Phi) is 5.13. The van der Waals surface area contributed by atoms with E-state index in [1.807, 2.05) is 18.2 Å². The van der Waals surface area contributed by atoms with Crippen LogP contribution in [0.3, 0.4) is 0 Å². The molecule has 0 bridgehead atoms. The molecule has 0 aromatic heterocycles. The molecule has 0 radical (unpaired) electrons. The number of piperazine rings is 1. The maximum atomic E-state index is 12.8. The number of carbonyl (C=O) groups is 1. The third-order valence-corrected chi connectivity index (χ3v) is 6.87. The maximum absolute atomic E-state index is 12.8. The van der Waals surface area contributed by atoms with Gasteiger partial charge >= 0.3 is 0 Å². The molecule has 0 N–H and O–H groups in total. The van der Waals surface area contributed by atoms with E-state index in [0.717, 1.165) is 0 Å². The summed E-state index contributed by atoms with van der Waals surface area (Å²) in [7, 11) is -3.67. The molecule has 8 nitrogen and oxygen atoms in total. The van der Waals surface area contributed by atoms with E-state index < -0.39 is 16.1 Å². The fourth-order valence-electron chi connectivity index (χ4n) is 3.34. The summed E-state index contributed by atoms with van der Waals surface area (Å²) >= 11 is 0. The number of sulfonamides is 1. The summed E-state index contributed by atoms with van der Waals surface area (Å²) in [5, 5.41) is 8.86. The van der Waals surface area contributed by atoms with Crippen molar-refractivity contribution in [1.82, 2.24) is 9.21 Å². The molecule has 1 fully saturated rings. The van der Waals surface area contributed by atoms with Crippen LogP contribution in [0.5, 0.6) is 11.5 Å². The lowest BCUT2D eigenvalue weighted by molar-refractivity contribution is -0.142. The second kappa shape index (κ2) is 7.73. The van der Waals surface area contributed by atoms with Crippen molar-refractivity contribution in [3.05, 3.63) is 54.1 Å². The Morgan fingerprint density at radius 2 is 1.66 bits per heavy atom. The zero-order chi connectivity index (χ0) is 20.4. The van der Waals surface area contributed by atoms with E-state index in [-0.39, 0.29) is 43.6 Å². The molecule has 2 aliphatic heterocycles. The van der Waals surface area contributed by atoms with Gasteiger partial charge in [-0.3, -0.25) is 4.79 Å². The smallest absolute Gasteiger partial charge is 0.267 e. The van der Waals surface area contributed by atoms with Crippen LogP contribution in [0.25, 0.3) is 0 Å². The third kappa shape index (κ3) is 3.77. The molecule has 4 rings (SSSR count). The summed E-state index contributed by atoms with van der Waals surface area (Å²) in [5.41, 5.74) is 0.399.